The predicted molar refractivity (Wildman–Crippen MR) is 78.9 cm³/mol. The van der Waals surface area contributed by atoms with E-state index in [4.69, 9.17) is 16.7 Å². The number of aliphatic hydroxyl groups is 1. The molecule has 3 N–H and O–H groups in total. The normalized spacial score (nSPS) is 18.4. The van der Waals surface area contributed by atoms with Gasteiger partial charge in [-0.3, -0.25) is 0 Å². The molecule has 0 aliphatic carbocycles. The summed E-state index contributed by atoms with van der Waals surface area (Å²) in [6.45, 7) is 0.476. The number of carboxylic acid groups (broad SMARTS) is 1. The maximum atomic E-state index is 12.3. The lowest BCUT2D eigenvalue weighted by molar-refractivity contribution is 0.0697. The lowest BCUT2D eigenvalue weighted by atomic mass is 10.0. The number of urea groups is 1. The molecule has 1 heterocycles. The molecule has 1 fully saturated rings. The average molecular weight is 313 g/mol. The minimum absolute atomic E-state index is 0.0482. The van der Waals surface area contributed by atoms with Crippen molar-refractivity contribution in [2.24, 2.45) is 0 Å². The second-order valence-corrected chi connectivity index (χ2v) is 5.36. The summed E-state index contributed by atoms with van der Waals surface area (Å²) >= 11 is 5.98. The van der Waals surface area contributed by atoms with Crippen LogP contribution in [0.2, 0.25) is 5.02 Å². The first-order valence-corrected chi connectivity index (χ1v) is 7.12. The predicted octanol–water partition coefficient (Wildman–Crippen LogP) is 2.42. The number of likely N-dealkylation sites (tertiary alicyclic amines) is 1. The number of hydrogen-bond donors (Lipinski definition) is 3. The van der Waals surface area contributed by atoms with E-state index >= 15 is 0 Å². The van der Waals surface area contributed by atoms with Gasteiger partial charge in [-0.15, -0.1) is 0 Å². The topological polar surface area (TPSA) is 89.9 Å². The number of nitrogens with one attached hydrogen (secondary N) is 1. The average Bonchev–Trinajstić information content (AvgIpc) is 2.49. The maximum absolute atomic E-state index is 12.3. The van der Waals surface area contributed by atoms with Crippen molar-refractivity contribution in [1.29, 1.82) is 0 Å². The molecule has 1 aromatic rings. The molecule has 21 heavy (non-hydrogen) atoms. The van der Waals surface area contributed by atoms with Crippen LogP contribution in [0.25, 0.3) is 0 Å². The highest BCUT2D eigenvalue weighted by Gasteiger charge is 2.26. The number of rotatable bonds is 3. The first-order valence-electron chi connectivity index (χ1n) is 6.74. The number of hydrogen-bond acceptors (Lipinski definition) is 3. The van der Waals surface area contributed by atoms with Gasteiger partial charge in [0.1, 0.15) is 0 Å². The van der Waals surface area contributed by atoms with E-state index in [0.29, 0.717) is 6.54 Å². The standard InChI is InChI=1S/C14H17ClN2O4/c15-11-5-4-9(13(19)20)7-12(11)16-14(21)17-6-2-1-3-10(17)8-18/h4-5,7,10,18H,1-3,6,8H2,(H,16,21)(H,19,20). The molecule has 0 radical (unpaired) electrons. The van der Waals surface area contributed by atoms with Gasteiger partial charge in [-0.2, -0.15) is 0 Å². The van der Waals surface area contributed by atoms with Crippen molar-refractivity contribution < 1.29 is 19.8 Å². The van der Waals surface area contributed by atoms with Gasteiger partial charge in [-0.25, -0.2) is 9.59 Å². The van der Waals surface area contributed by atoms with Crippen molar-refractivity contribution >= 4 is 29.3 Å². The van der Waals surface area contributed by atoms with E-state index in [1.54, 1.807) is 4.90 Å². The number of carboxylic acids is 1. The van der Waals surface area contributed by atoms with E-state index in [-0.39, 0.29) is 35.0 Å². The molecular weight excluding hydrogens is 296 g/mol. The molecule has 2 rings (SSSR count). The third-order valence-electron chi connectivity index (χ3n) is 3.55. The molecule has 6 nitrogen and oxygen atoms in total. The van der Waals surface area contributed by atoms with E-state index in [1.807, 2.05) is 0 Å². The number of carbonyl (C=O) groups is 2. The van der Waals surface area contributed by atoms with Gasteiger partial charge in [0.05, 0.1) is 28.9 Å². The highest BCUT2D eigenvalue weighted by molar-refractivity contribution is 6.33. The van der Waals surface area contributed by atoms with E-state index < -0.39 is 5.97 Å². The second kappa shape index (κ2) is 6.78. The van der Waals surface area contributed by atoms with Crippen molar-refractivity contribution in [2.45, 2.75) is 25.3 Å². The van der Waals surface area contributed by atoms with Gasteiger partial charge in [0.15, 0.2) is 0 Å². The number of benzene rings is 1. The van der Waals surface area contributed by atoms with E-state index in [2.05, 4.69) is 5.32 Å². The fraction of sp³-hybridized carbons (Fsp3) is 0.429. The SMILES string of the molecule is O=C(O)c1ccc(Cl)c(NC(=O)N2CCCCC2CO)c1. The van der Waals surface area contributed by atoms with Crippen LogP contribution < -0.4 is 5.32 Å². The van der Waals surface area contributed by atoms with Crippen LogP contribution in [-0.4, -0.2) is 46.3 Å². The van der Waals surface area contributed by atoms with Crippen LogP contribution in [0.15, 0.2) is 18.2 Å². The van der Waals surface area contributed by atoms with Gasteiger partial charge in [-0.1, -0.05) is 11.6 Å². The third kappa shape index (κ3) is 3.65. The maximum Gasteiger partial charge on any atom is 0.335 e. The number of aromatic carboxylic acids is 1. The molecule has 114 valence electrons. The number of piperidine rings is 1. The van der Waals surface area contributed by atoms with Crippen molar-refractivity contribution in [3.8, 4) is 0 Å². The van der Waals surface area contributed by atoms with Crippen molar-refractivity contribution in [1.82, 2.24) is 4.90 Å². The number of nitrogens with zero attached hydrogens (tertiary/aromatic N) is 1. The molecule has 1 aromatic carbocycles. The summed E-state index contributed by atoms with van der Waals surface area (Å²) in [5, 5.41) is 21.2. The zero-order valence-electron chi connectivity index (χ0n) is 11.4. The number of aliphatic hydroxyl groups excluding tert-OH is 1. The molecule has 1 aliphatic rings. The largest absolute Gasteiger partial charge is 0.478 e. The number of anilines is 1. The van der Waals surface area contributed by atoms with E-state index in [0.717, 1.165) is 19.3 Å². The van der Waals surface area contributed by atoms with Crippen LogP contribution in [0.4, 0.5) is 10.5 Å². The highest BCUT2D eigenvalue weighted by Crippen LogP contribution is 2.25. The molecule has 2 amide bonds. The Morgan fingerprint density at radius 3 is 2.81 bits per heavy atom. The van der Waals surface area contributed by atoms with Crippen molar-refractivity contribution in [3.05, 3.63) is 28.8 Å². The Hall–Kier alpha value is -1.79. The lowest BCUT2D eigenvalue weighted by Crippen LogP contribution is -2.47. The quantitative estimate of drug-likeness (QED) is 0.799. The first kappa shape index (κ1) is 15.6. The molecule has 0 spiro atoms. The summed E-state index contributed by atoms with van der Waals surface area (Å²) in [7, 11) is 0. The summed E-state index contributed by atoms with van der Waals surface area (Å²) in [6, 6.07) is 3.54. The summed E-state index contributed by atoms with van der Waals surface area (Å²) in [6.07, 6.45) is 2.61. The van der Waals surface area contributed by atoms with Crippen LogP contribution in [0.3, 0.4) is 0 Å². The Labute approximate surface area is 127 Å². The van der Waals surface area contributed by atoms with Gasteiger partial charge in [0.25, 0.3) is 0 Å². The molecule has 0 aromatic heterocycles. The Morgan fingerprint density at radius 2 is 2.14 bits per heavy atom. The smallest absolute Gasteiger partial charge is 0.335 e. The van der Waals surface area contributed by atoms with Crippen LogP contribution in [0, 0.1) is 0 Å². The first-order chi connectivity index (χ1) is 10.0. The molecule has 0 bridgehead atoms. The van der Waals surface area contributed by atoms with E-state index in [9.17, 15) is 14.7 Å². The lowest BCUT2D eigenvalue weighted by Gasteiger charge is -2.34. The van der Waals surface area contributed by atoms with Crippen LogP contribution in [0.5, 0.6) is 0 Å². The number of amides is 2. The Morgan fingerprint density at radius 1 is 1.38 bits per heavy atom. The van der Waals surface area contributed by atoms with E-state index in [1.165, 1.54) is 18.2 Å². The van der Waals surface area contributed by atoms with Crippen molar-refractivity contribution in [3.63, 3.8) is 0 Å². The highest BCUT2D eigenvalue weighted by atomic mass is 35.5. The summed E-state index contributed by atoms with van der Waals surface area (Å²) in [4.78, 5) is 24.8. The Bertz CT molecular complexity index is 550. The van der Waals surface area contributed by atoms with Gasteiger partial charge in [0, 0.05) is 6.54 Å². The van der Waals surface area contributed by atoms with Gasteiger partial charge < -0.3 is 20.4 Å². The molecule has 0 saturated carbocycles. The molecular formula is C14H17ClN2O4. The minimum Gasteiger partial charge on any atom is -0.478 e. The zero-order chi connectivity index (χ0) is 15.4. The summed E-state index contributed by atoms with van der Waals surface area (Å²) in [5.74, 6) is -1.09. The van der Waals surface area contributed by atoms with Crippen LogP contribution in [0.1, 0.15) is 29.6 Å². The fourth-order valence-corrected chi connectivity index (χ4v) is 2.56. The van der Waals surface area contributed by atoms with Gasteiger partial charge in [-0.05, 0) is 37.5 Å². The van der Waals surface area contributed by atoms with Gasteiger partial charge >= 0.3 is 12.0 Å². The molecule has 1 aliphatic heterocycles. The van der Waals surface area contributed by atoms with Crippen LogP contribution >= 0.6 is 11.6 Å². The molecule has 1 unspecified atom stereocenters. The monoisotopic (exact) mass is 312 g/mol. The van der Waals surface area contributed by atoms with Crippen LogP contribution in [-0.2, 0) is 0 Å². The second-order valence-electron chi connectivity index (χ2n) is 4.96. The fourth-order valence-electron chi connectivity index (χ4n) is 2.40. The minimum atomic E-state index is -1.09. The number of halogens is 1. The van der Waals surface area contributed by atoms with Crippen molar-refractivity contribution in [2.75, 3.05) is 18.5 Å². The molecule has 1 atom stereocenters. The third-order valence-corrected chi connectivity index (χ3v) is 3.88. The molecule has 7 heteroatoms. The zero-order valence-corrected chi connectivity index (χ0v) is 12.1. The Kier molecular flexibility index (Phi) is 5.03. The Balaban J connectivity index is 2.15. The molecule has 1 saturated heterocycles. The summed E-state index contributed by atoms with van der Waals surface area (Å²) in [5.41, 5.74) is 0.302. The van der Waals surface area contributed by atoms with Gasteiger partial charge in [0.2, 0.25) is 0 Å². The summed E-state index contributed by atoms with van der Waals surface area (Å²) < 4.78 is 0. The number of carbonyl (C=O) groups excluding carboxylic acids is 1.